The molecule has 0 spiro atoms. The molecule has 1 atom stereocenters. The molecular weight excluding hydrogens is 340 g/mol. The van der Waals surface area contributed by atoms with Gasteiger partial charge in [0.1, 0.15) is 24.6 Å². The van der Waals surface area contributed by atoms with Crippen molar-refractivity contribution in [3.8, 4) is 5.75 Å². The van der Waals surface area contributed by atoms with Gasteiger partial charge in [-0.3, -0.25) is 0 Å². The van der Waals surface area contributed by atoms with Crippen LogP contribution in [0.2, 0.25) is 0 Å². The smallest absolute Gasteiger partial charge is 0.338 e. The first-order valence-corrected chi connectivity index (χ1v) is 9.79. The monoisotopic (exact) mass is 366 g/mol. The Balaban J connectivity index is 1.25. The summed E-state index contributed by atoms with van der Waals surface area (Å²) in [5, 5.41) is 0. The first-order chi connectivity index (χ1) is 13.2. The van der Waals surface area contributed by atoms with Crippen LogP contribution in [0.15, 0.2) is 48.5 Å². The molecule has 142 valence electrons. The molecular formula is C23H26O4. The van der Waals surface area contributed by atoms with Gasteiger partial charge in [0.15, 0.2) is 0 Å². The number of hydrogen-bond acceptors (Lipinski definition) is 4. The highest BCUT2D eigenvalue weighted by Crippen LogP contribution is 2.35. The van der Waals surface area contributed by atoms with Gasteiger partial charge in [0, 0.05) is 0 Å². The van der Waals surface area contributed by atoms with Crippen molar-refractivity contribution in [3.63, 3.8) is 0 Å². The van der Waals surface area contributed by atoms with Gasteiger partial charge in [-0.2, -0.15) is 0 Å². The quantitative estimate of drug-likeness (QED) is 0.551. The molecule has 1 saturated heterocycles. The first kappa shape index (κ1) is 18.1. The van der Waals surface area contributed by atoms with Crippen molar-refractivity contribution in [2.45, 2.75) is 50.7 Å². The Hall–Kier alpha value is -2.33. The van der Waals surface area contributed by atoms with Crippen molar-refractivity contribution >= 4 is 5.97 Å². The zero-order chi connectivity index (χ0) is 18.6. The molecule has 4 rings (SSSR count). The summed E-state index contributed by atoms with van der Waals surface area (Å²) in [4.78, 5) is 12.3. The van der Waals surface area contributed by atoms with E-state index in [1.807, 2.05) is 43.3 Å². The summed E-state index contributed by atoms with van der Waals surface area (Å²) in [6, 6.07) is 16.0. The lowest BCUT2D eigenvalue weighted by Gasteiger charge is -2.28. The van der Waals surface area contributed by atoms with Crippen molar-refractivity contribution in [1.29, 1.82) is 0 Å². The van der Waals surface area contributed by atoms with E-state index >= 15 is 0 Å². The van der Waals surface area contributed by atoms with Crippen LogP contribution in [0.3, 0.4) is 0 Å². The number of ether oxygens (including phenoxy) is 3. The number of hydrogen-bond donors (Lipinski definition) is 0. The number of esters is 1. The van der Waals surface area contributed by atoms with E-state index in [0.29, 0.717) is 18.1 Å². The number of benzene rings is 2. The third kappa shape index (κ3) is 4.89. The van der Waals surface area contributed by atoms with Crippen LogP contribution in [0.25, 0.3) is 0 Å². The molecule has 4 nitrogen and oxygen atoms in total. The Kier molecular flexibility index (Phi) is 5.44. The summed E-state index contributed by atoms with van der Waals surface area (Å²) in [5.74, 6) is 1.22. The summed E-state index contributed by atoms with van der Waals surface area (Å²) >= 11 is 0. The second-order valence-corrected chi connectivity index (χ2v) is 7.58. The van der Waals surface area contributed by atoms with Crippen LogP contribution < -0.4 is 4.74 Å². The minimum absolute atomic E-state index is 0.0243. The van der Waals surface area contributed by atoms with E-state index in [4.69, 9.17) is 14.2 Å². The van der Waals surface area contributed by atoms with Crippen LogP contribution in [0.1, 0.15) is 53.1 Å². The van der Waals surface area contributed by atoms with Gasteiger partial charge in [0.05, 0.1) is 12.2 Å². The standard InChI is InChI=1S/C23H26O4/c1-16-2-4-19(5-3-16)23(24)27-21-12-8-18(9-13-21)17-6-10-20(11-7-17)25-14-22-15-26-22/h2-7,10-11,18,21-22H,8-9,12-15H2,1H3. The number of carbonyl (C=O) groups excluding carboxylic acids is 1. The molecule has 1 saturated carbocycles. The minimum Gasteiger partial charge on any atom is -0.491 e. The predicted molar refractivity (Wildman–Crippen MR) is 103 cm³/mol. The number of epoxide rings is 1. The van der Waals surface area contributed by atoms with Gasteiger partial charge in [0.2, 0.25) is 0 Å². The Morgan fingerprint density at radius 3 is 2.30 bits per heavy atom. The van der Waals surface area contributed by atoms with Crippen LogP contribution in [0.5, 0.6) is 5.75 Å². The lowest BCUT2D eigenvalue weighted by molar-refractivity contribution is 0.0195. The molecule has 2 aromatic rings. The van der Waals surface area contributed by atoms with E-state index in [9.17, 15) is 4.79 Å². The highest BCUT2D eigenvalue weighted by molar-refractivity contribution is 5.89. The van der Waals surface area contributed by atoms with E-state index in [1.165, 1.54) is 5.56 Å². The third-order valence-corrected chi connectivity index (χ3v) is 5.42. The van der Waals surface area contributed by atoms with Crippen LogP contribution in [-0.2, 0) is 9.47 Å². The Bertz CT molecular complexity index is 754. The molecule has 2 aromatic carbocycles. The van der Waals surface area contributed by atoms with Gasteiger partial charge in [-0.05, 0) is 68.4 Å². The lowest BCUT2D eigenvalue weighted by Crippen LogP contribution is -2.24. The summed E-state index contributed by atoms with van der Waals surface area (Å²) < 4.78 is 16.6. The van der Waals surface area contributed by atoms with Gasteiger partial charge in [0.25, 0.3) is 0 Å². The average molecular weight is 366 g/mol. The van der Waals surface area contributed by atoms with Crippen molar-refractivity contribution in [2.24, 2.45) is 0 Å². The van der Waals surface area contributed by atoms with Crippen LogP contribution in [0, 0.1) is 6.92 Å². The summed E-state index contributed by atoms with van der Waals surface area (Å²) in [5.41, 5.74) is 3.12. The molecule has 2 fully saturated rings. The molecule has 4 heteroatoms. The van der Waals surface area contributed by atoms with E-state index in [2.05, 4.69) is 12.1 Å². The number of carbonyl (C=O) groups is 1. The maximum atomic E-state index is 12.3. The molecule has 1 aliphatic carbocycles. The molecule has 0 amide bonds. The van der Waals surface area contributed by atoms with E-state index in [1.54, 1.807) is 0 Å². The maximum absolute atomic E-state index is 12.3. The molecule has 27 heavy (non-hydrogen) atoms. The van der Waals surface area contributed by atoms with Crippen molar-refractivity contribution in [2.75, 3.05) is 13.2 Å². The van der Waals surface area contributed by atoms with Gasteiger partial charge in [-0.1, -0.05) is 29.8 Å². The Morgan fingerprint density at radius 1 is 1.00 bits per heavy atom. The van der Waals surface area contributed by atoms with Crippen LogP contribution in [-0.4, -0.2) is 31.4 Å². The highest BCUT2D eigenvalue weighted by atomic mass is 16.6. The largest absolute Gasteiger partial charge is 0.491 e. The second kappa shape index (κ2) is 8.13. The van der Waals surface area contributed by atoms with Gasteiger partial charge >= 0.3 is 5.97 Å². The summed E-state index contributed by atoms with van der Waals surface area (Å²) in [6.45, 7) is 3.46. The van der Waals surface area contributed by atoms with Crippen LogP contribution >= 0.6 is 0 Å². The second-order valence-electron chi connectivity index (χ2n) is 7.58. The van der Waals surface area contributed by atoms with Crippen molar-refractivity contribution < 1.29 is 19.0 Å². The van der Waals surface area contributed by atoms with Crippen LogP contribution in [0.4, 0.5) is 0 Å². The lowest BCUT2D eigenvalue weighted by atomic mass is 9.83. The molecule has 1 aliphatic heterocycles. The van der Waals surface area contributed by atoms with Crippen molar-refractivity contribution in [1.82, 2.24) is 0 Å². The SMILES string of the molecule is Cc1ccc(C(=O)OC2CCC(c3ccc(OCC4CO4)cc3)CC2)cc1. The van der Waals surface area contributed by atoms with E-state index in [0.717, 1.165) is 43.6 Å². The Labute approximate surface area is 160 Å². The molecule has 2 aliphatic rings. The molecule has 0 bridgehead atoms. The molecule has 0 radical (unpaired) electrons. The fourth-order valence-electron chi connectivity index (χ4n) is 3.61. The zero-order valence-corrected chi connectivity index (χ0v) is 15.7. The number of aryl methyl sites for hydroxylation is 1. The average Bonchev–Trinajstić information content (AvgIpc) is 3.52. The summed E-state index contributed by atoms with van der Waals surface area (Å²) in [7, 11) is 0. The normalized spacial score (nSPS) is 24.3. The highest BCUT2D eigenvalue weighted by Gasteiger charge is 2.26. The summed E-state index contributed by atoms with van der Waals surface area (Å²) in [6.07, 6.45) is 4.22. The zero-order valence-electron chi connectivity index (χ0n) is 15.7. The third-order valence-electron chi connectivity index (χ3n) is 5.42. The molecule has 0 aromatic heterocycles. The fraction of sp³-hybridized carbons (Fsp3) is 0.435. The minimum atomic E-state index is -0.209. The van der Waals surface area contributed by atoms with E-state index < -0.39 is 0 Å². The molecule has 1 unspecified atom stereocenters. The maximum Gasteiger partial charge on any atom is 0.338 e. The van der Waals surface area contributed by atoms with E-state index in [-0.39, 0.29) is 18.2 Å². The fourth-order valence-corrected chi connectivity index (χ4v) is 3.61. The topological polar surface area (TPSA) is 48.1 Å². The van der Waals surface area contributed by atoms with Gasteiger partial charge < -0.3 is 14.2 Å². The molecule has 0 N–H and O–H groups in total. The van der Waals surface area contributed by atoms with Gasteiger partial charge in [-0.15, -0.1) is 0 Å². The first-order valence-electron chi connectivity index (χ1n) is 9.79. The predicted octanol–water partition coefficient (Wildman–Crippen LogP) is 4.66. The molecule has 1 heterocycles. The Morgan fingerprint density at radius 2 is 1.67 bits per heavy atom. The number of rotatable bonds is 6. The van der Waals surface area contributed by atoms with Crippen molar-refractivity contribution in [3.05, 3.63) is 65.2 Å². The van der Waals surface area contributed by atoms with Gasteiger partial charge in [-0.25, -0.2) is 4.79 Å².